The van der Waals surface area contributed by atoms with Crippen LogP contribution in [0, 0.1) is 16.1 Å². The Bertz CT molecular complexity index is 419. The van der Waals surface area contributed by atoms with Crippen molar-refractivity contribution in [3.05, 3.63) is 46.3 Å². The Kier molecular flexibility index (Phi) is 4.38. The maximum atomic E-state index is 12.5. The minimum absolute atomic E-state index is 0.305. The molecule has 1 rings (SSSR count). The fraction of sp³-hybridized carbons (Fsp3) is 0.300. The summed E-state index contributed by atoms with van der Waals surface area (Å²) in [5.74, 6) is -0.275. The summed E-state index contributed by atoms with van der Waals surface area (Å²) < 4.78 is 17.9. The van der Waals surface area contributed by atoms with Crippen molar-refractivity contribution in [2.24, 2.45) is 0 Å². The lowest BCUT2D eigenvalue weighted by atomic mass is 10.3. The molecule has 17 heavy (non-hydrogen) atoms. The molecule has 0 aliphatic rings. The van der Waals surface area contributed by atoms with E-state index in [-0.39, 0.29) is 0 Å². The molecular formula is C10H12FN3O3. The number of halogens is 1. The third kappa shape index (κ3) is 4.06. The summed E-state index contributed by atoms with van der Waals surface area (Å²) in [7, 11) is 1.55. The summed E-state index contributed by atoms with van der Waals surface area (Å²) in [4.78, 5) is 13.2. The van der Waals surface area contributed by atoms with E-state index in [0.29, 0.717) is 11.4 Å². The highest BCUT2D eigenvalue weighted by atomic mass is 19.1. The van der Waals surface area contributed by atoms with E-state index < -0.39 is 17.0 Å². The second-order valence-electron chi connectivity index (χ2n) is 3.20. The second kappa shape index (κ2) is 5.78. The topological polar surface area (TPSA) is 77.3 Å². The van der Waals surface area contributed by atoms with Crippen LogP contribution in [0.15, 0.2) is 30.2 Å². The third-order valence-electron chi connectivity index (χ3n) is 1.98. The second-order valence-corrected chi connectivity index (χ2v) is 3.20. The quantitative estimate of drug-likeness (QED) is 0.478. The van der Waals surface area contributed by atoms with Gasteiger partial charge in [-0.15, -0.1) is 0 Å². The number of hydrogen-bond acceptors (Lipinski definition) is 5. The maximum Gasteiger partial charge on any atom is 0.257 e. The molecule has 0 saturated heterocycles. The van der Waals surface area contributed by atoms with Crippen molar-refractivity contribution in [1.29, 1.82) is 0 Å². The Labute approximate surface area is 97.3 Å². The van der Waals surface area contributed by atoms with Gasteiger partial charge in [0.2, 0.25) is 5.95 Å². The van der Waals surface area contributed by atoms with Crippen molar-refractivity contribution in [3.63, 3.8) is 0 Å². The van der Waals surface area contributed by atoms with Gasteiger partial charge in [0.1, 0.15) is 17.6 Å². The molecule has 0 radical (unpaired) electrons. The first-order valence-corrected chi connectivity index (χ1v) is 4.84. The first-order valence-electron chi connectivity index (χ1n) is 4.84. The lowest BCUT2D eigenvalue weighted by molar-refractivity contribution is -0.404. The fourth-order valence-corrected chi connectivity index (χ4v) is 1.19. The van der Waals surface area contributed by atoms with Crippen LogP contribution in [0.4, 0.5) is 4.39 Å². The average Bonchev–Trinajstić information content (AvgIpc) is 2.28. The molecule has 0 spiro atoms. The molecule has 1 unspecified atom stereocenters. The molecule has 7 heteroatoms. The highest BCUT2D eigenvalue weighted by Crippen LogP contribution is 2.13. The first kappa shape index (κ1) is 12.9. The number of hydrogen-bond donors (Lipinski definition) is 1. The molecule has 1 atom stereocenters. The van der Waals surface area contributed by atoms with Gasteiger partial charge in [0.15, 0.2) is 0 Å². The molecule has 0 amide bonds. The van der Waals surface area contributed by atoms with Crippen LogP contribution in [0.3, 0.4) is 0 Å². The van der Waals surface area contributed by atoms with E-state index in [0.717, 1.165) is 12.3 Å². The van der Waals surface area contributed by atoms with Crippen molar-refractivity contribution in [2.45, 2.75) is 13.0 Å². The van der Waals surface area contributed by atoms with Gasteiger partial charge in [0.25, 0.3) is 6.20 Å². The van der Waals surface area contributed by atoms with E-state index in [2.05, 4.69) is 10.3 Å². The van der Waals surface area contributed by atoms with E-state index in [1.54, 1.807) is 14.0 Å². The Morgan fingerprint density at radius 2 is 2.41 bits per heavy atom. The summed E-state index contributed by atoms with van der Waals surface area (Å²) in [6, 6.07) is 2.55. The summed E-state index contributed by atoms with van der Waals surface area (Å²) >= 11 is 0. The summed E-state index contributed by atoms with van der Waals surface area (Å²) in [6.07, 6.45) is 1.48. The number of ether oxygens (including phenoxy) is 1. The maximum absolute atomic E-state index is 12.5. The number of likely N-dealkylation sites (N-methyl/N-ethyl adjacent to an activating group) is 1. The molecule has 92 valence electrons. The lowest BCUT2D eigenvalue weighted by Crippen LogP contribution is -2.24. The van der Waals surface area contributed by atoms with Gasteiger partial charge in [-0.2, -0.15) is 4.39 Å². The Hall–Kier alpha value is -2.18. The highest BCUT2D eigenvalue weighted by Gasteiger charge is 2.13. The SMILES string of the molecule is CNC(=C[N+](=O)[O-])C(C)Oc1ccc(F)nc1. The molecule has 1 N–H and O–H groups in total. The zero-order chi connectivity index (χ0) is 12.8. The molecule has 1 aromatic rings. The van der Waals surface area contributed by atoms with Gasteiger partial charge in [-0.1, -0.05) is 0 Å². The van der Waals surface area contributed by atoms with E-state index in [4.69, 9.17) is 4.74 Å². The van der Waals surface area contributed by atoms with Crippen LogP contribution in [0.2, 0.25) is 0 Å². The average molecular weight is 241 g/mol. The molecule has 0 saturated carbocycles. The largest absolute Gasteiger partial charge is 0.483 e. The summed E-state index contributed by atoms with van der Waals surface area (Å²) in [6.45, 7) is 1.63. The van der Waals surface area contributed by atoms with Crippen molar-refractivity contribution in [3.8, 4) is 5.75 Å². The molecule has 0 aliphatic heterocycles. The van der Waals surface area contributed by atoms with Gasteiger partial charge in [0, 0.05) is 7.05 Å². The molecule has 0 fully saturated rings. The van der Waals surface area contributed by atoms with Gasteiger partial charge in [-0.3, -0.25) is 10.1 Å². The van der Waals surface area contributed by atoms with Gasteiger partial charge >= 0.3 is 0 Å². The predicted octanol–water partition coefficient (Wildman–Crippen LogP) is 1.33. The highest BCUT2D eigenvalue weighted by molar-refractivity contribution is 5.18. The number of aromatic nitrogens is 1. The van der Waals surface area contributed by atoms with E-state index in [9.17, 15) is 14.5 Å². The summed E-state index contributed by atoms with van der Waals surface area (Å²) in [5.41, 5.74) is 0.305. The zero-order valence-electron chi connectivity index (χ0n) is 9.38. The molecule has 0 bridgehead atoms. The zero-order valence-corrected chi connectivity index (χ0v) is 9.38. The number of rotatable bonds is 5. The van der Waals surface area contributed by atoms with Gasteiger partial charge in [-0.25, -0.2) is 4.98 Å². The molecule has 0 aliphatic carbocycles. The third-order valence-corrected chi connectivity index (χ3v) is 1.98. The minimum Gasteiger partial charge on any atom is -0.483 e. The van der Waals surface area contributed by atoms with Crippen molar-refractivity contribution >= 4 is 0 Å². The van der Waals surface area contributed by atoms with E-state index in [1.807, 2.05) is 0 Å². The standard InChI is InChI=1S/C10H12FN3O3/c1-7(9(12-2)6-14(15)16)17-8-3-4-10(11)13-5-8/h3-7,12H,1-2H3. The van der Waals surface area contributed by atoms with E-state index in [1.165, 1.54) is 12.3 Å². The van der Waals surface area contributed by atoms with Crippen LogP contribution in [-0.2, 0) is 0 Å². The number of nitro groups is 1. The summed E-state index contributed by atoms with van der Waals surface area (Å²) in [5, 5.41) is 13.0. The van der Waals surface area contributed by atoms with Crippen LogP contribution in [0.25, 0.3) is 0 Å². The number of nitrogens with one attached hydrogen (secondary N) is 1. The molecule has 0 aromatic carbocycles. The fourth-order valence-electron chi connectivity index (χ4n) is 1.19. The number of nitrogens with zero attached hydrogens (tertiary/aromatic N) is 2. The van der Waals surface area contributed by atoms with Gasteiger partial charge in [-0.05, 0) is 19.1 Å². The minimum atomic E-state index is -0.611. The van der Waals surface area contributed by atoms with E-state index >= 15 is 0 Å². The van der Waals surface area contributed by atoms with Crippen LogP contribution < -0.4 is 10.1 Å². The molecule has 1 aromatic heterocycles. The van der Waals surface area contributed by atoms with Crippen LogP contribution >= 0.6 is 0 Å². The van der Waals surface area contributed by atoms with Crippen LogP contribution in [0.1, 0.15) is 6.92 Å². The van der Waals surface area contributed by atoms with Gasteiger partial charge < -0.3 is 10.1 Å². The molecule has 6 nitrogen and oxygen atoms in total. The van der Waals surface area contributed by atoms with Crippen LogP contribution in [-0.4, -0.2) is 23.1 Å². The van der Waals surface area contributed by atoms with Gasteiger partial charge in [0.05, 0.1) is 11.1 Å². The van der Waals surface area contributed by atoms with Crippen molar-refractivity contribution in [1.82, 2.24) is 10.3 Å². The smallest absolute Gasteiger partial charge is 0.257 e. The Morgan fingerprint density at radius 3 is 2.88 bits per heavy atom. The lowest BCUT2D eigenvalue weighted by Gasteiger charge is -2.15. The molecular weight excluding hydrogens is 229 g/mol. The predicted molar refractivity (Wildman–Crippen MR) is 58.4 cm³/mol. The first-order chi connectivity index (χ1) is 8.02. The Balaban J connectivity index is 2.73. The molecule has 1 heterocycles. The van der Waals surface area contributed by atoms with Crippen molar-refractivity contribution < 1.29 is 14.1 Å². The van der Waals surface area contributed by atoms with Crippen LogP contribution in [0.5, 0.6) is 5.75 Å². The van der Waals surface area contributed by atoms with Crippen molar-refractivity contribution in [2.75, 3.05) is 7.05 Å². The number of pyridine rings is 1. The normalized spacial score (nSPS) is 13.0. The Morgan fingerprint density at radius 1 is 1.71 bits per heavy atom. The monoisotopic (exact) mass is 241 g/mol.